The Morgan fingerprint density at radius 1 is 1.17 bits per heavy atom. The van der Waals surface area contributed by atoms with Gasteiger partial charge in [-0.1, -0.05) is 35.9 Å². The predicted molar refractivity (Wildman–Crippen MR) is 116 cm³/mol. The summed E-state index contributed by atoms with van der Waals surface area (Å²) in [5.41, 5.74) is 1.26. The Morgan fingerprint density at radius 2 is 1.97 bits per heavy atom. The van der Waals surface area contributed by atoms with Crippen molar-refractivity contribution in [3.05, 3.63) is 71.9 Å². The molecule has 0 saturated carbocycles. The van der Waals surface area contributed by atoms with Crippen LogP contribution in [0.1, 0.15) is 6.92 Å². The van der Waals surface area contributed by atoms with E-state index in [-0.39, 0.29) is 12.1 Å². The summed E-state index contributed by atoms with van der Waals surface area (Å²) in [5, 5.41) is 6.56. The molecule has 1 atom stereocenters. The Kier molecular flexibility index (Phi) is 6.99. The number of amides is 2. The molecule has 8 heteroatoms. The molecule has 0 aliphatic rings. The van der Waals surface area contributed by atoms with Crippen LogP contribution in [0.25, 0.3) is 0 Å². The quantitative estimate of drug-likeness (QED) is 0.575. The normalized spacial score (nSPS) is 11.6. The smallest absolute Gasteiger partial charge is 0.332 e. The van der Waals surface area contributed by atoms with Gasteiger partial charge in [0.05, 0.1) is 12.3 Å². The molecule has 29 heavy (non-hydrogen) atoms. The summed E-state index contributed by atoms with van der Waals surface area (Å²) in [6.45, 7) is 2.46. The van der Waals surface area contributed by atoms with E-state index in [9.17, 15) is 4.79 Å². The number of halogens is 1. The molecule has 3 rings (SSSR count). The van der Waals surface area contributed by atoms with Crippen molar-refractivity contribution in [1.82, 2.24) is 9.97 Å². The Balaban J connectivity index is 1.91. The van der Waals surface area contributed by atoms with Crippen LogP contribution in [-0.4, -0.2) is 35.8 Å². The number of carbonyl (C=O) groups is 1. The molecule has 2 aromatic carbocycles. The number of aromatic nitrogens is 2. The van der Waals surface area contributed by atoms with E-state index in [1.807, 2.05) is 37.3 Å². The van der Waals surface area contributed by atoms with Crippen molar-refractivity contribution in [2.45, 2.75) is 13.0 Å². The topological polar surface area (TPSA) is 79.4 Å². The third kappa shape index (κ3) is 5.66. The first kappa shape index (κ1) is 20.6. The number of rotatable bonds is 7. The number of para-hydroxylation sites is 1. The van der Waals surface area contributed by atoms with Crippen molar-refractivity contribution in [1.29, 1.82) is 0 Å². The number of hydrogen-bond donors (Lipinski definition) is 2. The standard InChI is InChI=1S/C21H22ClN5O2/c1-15(14-29-2)24-20-23-12-11-19(26-20)27(18-9-4-3-5-10-18)21(28)25-17-8-6-7-16(22)13-17/h3-13,15H,14H2,1-2H3,(H,25,28)(H,23,24,26). The molecule has 0 radical (unpaired) electrons. The van der Waals surface area contributed by atoms with Crippen LogP contribution in [0.4, 0.5) is 27.9 Å². The van der Waals surface area contributed by atoms with Crippen molar-refractivity contribution in [2.75, 3.05) is 29.3 Å². The van der Waals surface area contributed by atoms with Crippen molar-refractivity contribution in [2.24, 2.45) is 0 Å². The maximum atomic E-state index is 13.1. The van der Waals surface area contributed by atoms with Crippen molar-refractivity contribution in [3.63, 3.8) is 0 Å². The van der Waals surface area contributed by atoms with E-state index < -0.39 is 0 Å². The van der Waals surface area contributed by atoms with Crippen LogP contribution >= 0.6 is 11.6 Å². The van der Waals surface area contributed by atoms with Crippen LogP contribution in [0.3, 0.4) is 0 Å². The number of methoxy groups -OCH3 is 1. The third-order valence-corrected chi connectivity index (χ3v) is 4.19. The van der Waals surface area contributed by atoms with Gasteiger partial charge in [-0.2, -0.15) is 4.98 Å². The SMILES string of the molecule is COCC(C)Nc1nccc(N(C(=O)Nc2cccc(Cl)c2)c2ccccc2)n1. The summed E-state index contributed by atoms with van der Waals surface area (Å²) >= 11 is 6.03. The monoisotopic (exact) mass is 411 g/mol. The van der Waals surface area contributed by atoms with E-state index in [0.29, 0.717) is 34.8 Å². The maximum Gasteiger partial charge on any atom is 0.332 e. The van der Waals surface area contributed by atoms with Gasteiger partial charge in [-0.15, -0.1) is 0 Å². The molecule has 1 unspecified atom stereocenters. The second-order valence-electron chi connectivity index (χ2n) is 6.35. The molecule has 150 valence electrons. The van der Waals surface area contributed by atoms with E-state index >= 15 is 0 Å². The van der Waals surface area contributed by atoms with Crippen molar-refractivity contribution in [3.8, 4) is 0 Å². The summed E-state index contributed by atoms with van der Waals surface area (Å²) in [7, 11) is 1.63. The lowest BCUT2D eigenvalue weighted by atomic mass is 10.3. The van der Waals surface area contributed by atoms with Gasteiger partial charge in [-0.3, -0.25) is 0 Å². The van der Waals surface area contributed by atoms with Crippen LogP contribution < -0.4 is 15.5 Å². The minimum Gasteiger partial charge on any atom is -0.383 e. The maximum absolute atomic E-state index is 13.1. The largest absolute Gasteiger partial charge is 0.383 e. The summed E-state index contributed by atoms with van der Waals surface area (Å²) in [4.78, 5) is 23.4. The average molecular weight is 412 g/mol. The van der Waals surface area contributed by atoms with E-state index in [0.717, 1.165) is 0 Å². The predicted octanol–water partition coefficient (Wildman–Crippen LogP) is 4.95. The molecule has 2 amide bonds. The van der Waals surface area contributed by atoms with E-state index in [1.54, 1.807) is 43.6 Å². The number of nitrogens with zero attached hydrogens (tertiary/aromatic N) is 3. The molecule has 0 saturated heterocycles. The highest BCUT2D eigenvalue weighted by atomic mass is 35.5. The van der Waals surface area contributed by atoms with Gasteiger partial charge in [0.1, 0.15) is 5.82 Å². The highest BCUT2D eigenvalue weighted by Crippen LogP contribution is 2.26. The lowest BCUT2D eigenvalue weighted by Crippen LogP contribution is -2.32. The number of ether oxygens (including phenoxy) is 1. The Hall–Kier alpha value is -3.16. The van der Waals surface area contributed by atoms with Gasteiger partial charge in [0.2, 0.25) is 5.95 Å². The van der Waals surface area contributed by atoms with Gasteiger partial charge in [0.25, 0.3) is 0 Å². The lowest BCUT2D eigenvalue weighted by molar-refractivity contribution is 0.190. The fraction of sp³-hybridized carbons (Fsp3) is 0.190. The number of hydrogen-bond acceptors (Lipinski definition) is 5. The molecule has 2 N–H and O–H groups in total. The van der Waals surface area contributed by atoms with Crippen molar-refractivity contribution < 1.29 is 9.53 Å². The number of nitrogens with one attached hydrogen (secondary N) is 2. The fourth-order valence-electron chi connectivity index (χ4n) is 2.73. The minimum absolute atomic E-state index is 0.0145. The molecule has 0 fully saturated rings. The van der Waals surface area contributed by atoms with Crippen LogP contribution in [0, 0.1) is 0 Å². The summed E-state index contributed by atoms with van der Waals surface area (Å²) in [6.07, 6.45) is 1.60. The molecule has 0 aliphatic heterocycles. The molecule has 0 aliphatic carbocycles. The first-order chi connectivity index (χ1) is 14.1. The second kappa shape index (κ2) is 9.86. The second-order valence-corrected chi connectivity index (χ2v) is 6.79. The first-order valence-electron chi connectivity index (χ1n) is 9.07. The van der Waals surface area contributed by atoms with Crippen LogP contribution in [0.5, 0.6) is 0 Å². The Labute approximate surface area is 174 Å². The third-order valence-electron chi connectivity index (χ3n) is 3.96. The van der Waals surface area contributed by atoms with Gasteiger partial charge in [0, 0.05) is 36.1 Å². The highest BCUT2D eigenvalue weighted by Gasteiger charge is 2.20. The highest BCUT2D eigenvalue weighted by molar-refractivity contribution is 6.31. The number of urea groups is 1. The first-order valence-corrected chi connectivity index (χ1v) is 9.45. The zero-order valence-electron chi connectivity index (χ0n) is 16.2. The van der Waals surface area contributed by atoms with Crippen LogP contribution in [-0.2, 0) is 4.74 Å². The molecular weight excluding hydrogens is 390 g/mol. The molecule has 7 nitrogen and oxygen atoms in total. The van der Waals surface area contributed by atoms with E-state index in [2.05, 4.69) is 20.6 Å². The van der Waals surface area contributed by atoms with Gasteiger partial charge in [0.15, 0.2) is 0 Å². The molecule has 0 spiro atoms. The van der Waals surface area contributed by atoms with Crippen molar-refractivity contribution >= 4 is 40.8 Å². The molecule has 1 aromatic heterocycles. The van der Waals surface area contributed by atoms with Gasteiger partial charge >= 0.3 is 6.03 Å². The number of anilines is 4. The van der Waals surface area contributed by atoms with Gasteiger partial charge in [-0.25, -0.2) is 14.7 Å². The number of benzene rings is 2. The zero-order valence-corrected chi connectivity index (χ0v) is 16.9. The van der Waals surface area contributed by atoms with Gasteiger partial charge in [-0.05, 0) is 37.3 Å². The summed E-state index contributed by atoms with van der Waals surface area (Å²) < 4.78 is 5.13. The summed E-state index contributed by atoms with van der Waals surface area (Å²) in [6, 6.07) is 17.6. The zero-order chi connectivity index (χ0) is 20.6. The van der Waals surface area contributed by atoms with Crippen LogP contribution in [0.2, 0.25) is 5.02 Å². The van der Waals surface area contributed by atoms with Crippen LogP contribution in [0.15, 0.2) is 66.9 Å². The lowest BCUT2D eigenvalue weighted by Gasteiger charge is -2.23. The molecule has 3 aromatic rings. The molecule has 0 bridgehead atoms. The van der Waals surface area contributed by atoms with Gasteiger partial charge < -0.3 is 15.4 Å². The molecular formula is C21H22ClN5O2. The molecule has 1 heterocycles. The van der Waals surface area contributed by atoms with E-state index in [4.69, 9.17) is 16.3 Å². The summed E-state index contributed by atoms with van der Waals surface area (Å²) in [5.74, 6) is 0.835. The fourth-order valence-corrected chi connectivity index (χ4v) is 2.92. The average Bonchev–Trinajstić information content (AvgIpc) is 2.69. The Morgan fingerprint density at radius 3 is 2.69 bits per heavy atom. The minimum atomic E-state index is -0.368. The van der Waals surface area contributed by atoms with E-state index in [1.165, 1.54) is 4.90 Å². The Bertz CT molecular complexity index is 955. The number of carbonyl (C=O) groups excluding carboxylic acids is 1.